The molecule has 3 heterocycles. The van der Waals surface area contributed by atoms with Crippen LogP contribution in [0.3, 0.4) is 0 Å². The molecule has 0 atom stereocenters. The van der Waals surface area contributed by atoms with Crippen molar-refractivity contribution in [2.45, 2.75) is 33.7 Å². The van der Waals surface area contributed by atoms with Crippen LogP contribution in [0.5, 0.6) is 0 Å². The molecule has 21 heavy (non-hydrogen) atoms. The van der Waals surface area contributed by atoms with Gasteiger partial charge in [-0.15, -0.1) is 11.3 Å². The van der Waals surface area contributed by atoms with E-state index >= 15 is 0 Å². The molecule has 0 radical (unpaired) electrons. The van der Waals surface area contributed by atoms with E-state index in [0.29, 0.717) is 6.04 Å². The van der Waals surface area contributed by atoms with Gasteiger partial charge in [-0.05, 0) is 45.9 Å². The maximum absolute atomic E-state index is 4.77. The fourth-order valence-electron chi connectivity index (χ4n) is 2.84. The van der Waals surface area contributed by atoms with Crippen molar-refractivity contribution in [2.24, 2.45) is 0 Å². The first-order valence-corrected chi connectivity index (χ1v) is 8.01. The summed E-state index contributed by atoms with van der Waals surface area (Å²) < 4.78 is 2.36. The van der Waals surface area contributed by atoms with Gasteiger partial charge >= 0.3 is 0 Å². The molecule has 0 bridgehead atoms. The Morgan fingerprint density at radius 3 is 2.57 bits per heavy atom. The lowest BCUT2D eigenvalue weighted by Gasteiger charge is -2.13. The zero-order chi connectivity index (χ0) is 15.0. The summed E-state index contributed by atoms with van der Waals surface area (Å²) in [6, 6.07) is 8.61. The first-order chi connectivity index (χ1) is 10.1. The van der Waals surface area contributed by atoms with Crippen molar-refractivity contribution in [2.75, 3.05) is 0 Å². The SMILES string of the molecule is Cc1cc(-c2csc(-c3ccccn3)n2)c(C)n1C(C)C. The number of hydrogen-bond acceptors (Lipinski definition) is 3. The Morgan fingerprint density at radius 1 is 1.14 bits per heavy atom. The summed E-state index contributed by atoms with van der Waals surface area (Å²) in [7, 11) is 0. The van der Waals surface area contributed by atoms with Gasteiger partial charge in [-0.1, -0.05) is 6.07 Å². The van der Waals surface area contributed by atoms with Gasteiger partial charge in [-0.2, -0.15) is 0 Å². The molecule has 3 aromatic heterocycles. The Balaban J connectivity index is 2.03. The Hall–Kier alpha value is -1.94. The average Bonchev–Trinajstić information content (AvgIpc) is 3.04. The van der Waals surface area contributed by atoms with E-state index in [-0.39, 0.29) is 0 Å². The fraction of sp³-hybridized carbons (Fsp3) is 0.294. The summed E-state index contributed by atoms with van der Waals surface area (Å²) in [5.41, 5.74) is 5.76. The van der Waals surface area contributed by atoms with Crippen LogP contribution in [-0.4, -0.2) is 14.5 Å². The van der Waals surface area contributed by atoms with Crippen molar-refractivity contribution < 1.29 is 0 Å². The van der Waals surface area contributed by atoms with Crippen LogP contribution in [0.2, 0.25) is 0 Å². The van der Waals surface area contributed by atoms with Gasteiger partial charge in [0.05, 0.1) is 11.4 Å². The molecule has 0 unspecified atom stereocenters. The zero-order valence-electron chi connectivity index (χ0n) is 12.8. The van der Waals surface area contributed by atoms with Crippen LogP contribution >= 0.6 is 11.3 Å². The lowest BCUT2D eigenvalue weighted by atomic mass is 10.2. The third-order valence-corrected chi connectivity index (χ3v) is 4.53. The van der Waals surface area contributed by atoms with E-state index < -0.39 is 0 Å². The van der Waals surface area contributed by atoms with Gasteiger partial charge in [0.25, 0.3) is 0 Å². The highest BCUT2D eigenvalue weighted by molar-refractivity contribution is 7.13. The van der Waals surface area contributed by atoms with Gasteiger partial charge in [0, 0.05) is 34.6 Å². The molecule has 3 nitrogen and oxygen atoms in total. The van der Waals surface area contributed by atoms with Gasteiger partial charge < -0.3 is 4.57 Å². The summed E-state index contributed by atoms with van der Waals surface area (Å²) >= 11 is 1.65. The maximum Gasteiger partial charge on any atom is 0.142 e. The first kappa shape index (κ1) is 14.0. The van der Waals surface area contributed by atoms with Crippen molar-refractivity contribution in [1.82, 2.24) is 14.5 Å². The second-order valence-corrected chi connectivity index (χ2v) is 6.36. The minimum atomic E-state index is 0.465. The summed E-state index contributed by atoms with van der Waals surface area (Å²) in [4.78, 5) is 9.14. The molecule has 0 spiro atoms. The summed E-state index contributed by atoms with van der Waals surface area (Å²) in [6.45, 7) is 8.75. The van der Waals surface area contributed by atoms with Crippen LogP contribution in [0, 0.1) is 13.8 Å². The lowest BCUT2D eigenvalue weighted by Crippen LogP contribution is -2.04. The Kier molecular flexibility index (Phi) is 3.64. The Labute approximate surface area is 129 Å². The first-order valence-electron chi connectivity index (χ1n) is 7.13. The monoisotopic (exact) mass is 297 g/mol. The average molecular weight is 297 g/mol. The quantitative estimate of drug-likeness (QED) is 0.690. The second-order valence-electron chi connectivity index (χ2n) is 5.50. The number of nitrogens with zero attached hydrogens (tertiary/aromatic N) is 3. The fourth-order valence-corrected chi connectivity index (χ4v) is 3.63. The van der Waals surface area contributed by atoms with E-state index in [1.54, 1.807) is 17.5 Å². The van der Waals surface area contributed by atoms with E-state index in [0.717, 1.165) is 16.4 Å². The molecule has 0 aliphatic carbocycles. The molecular weight excluding hydrogens is 278 g/mol. The Morgan fingerprint density at radius 2 is 1.95 bits per heavy atom. The summed E-state index contributed by atoms with van der Waals surface area (Å²) in [5.74, 6) is 0. The number of aromatic nitrogens is 3. The molecule has 3 aromatic rings. The summed E-state index contributed by atoms with van der Waals surface area (Å²) in [6.07, 6.45) is 1.81. The van der Waals surface area contributed by atoms with Crippen molar-refractivity contribution >= 4 is 11.3 Å². The smallest absolute Gasteiger partial charge is 0.142 e. The van der Waals surface area contributed by atoms with Crippen molar-refractivity contribution in [3.8, 4) is 22.0 Å². The molecule has 0 aliphatic rings. The number of hydrogen-bond donors (Lipinski definition) is 0. The highest BCUT2D eigenvalue weighted by atomic mass is 32.1. The molecule has 0 fully saturated rings. The topological polar surface area (TPSA) is 30.7 Å². The van der Waals surface area contributed by atoms with Crippen LogP contribution < -0.4 is 0 Å². The second kappa shape index (κ2) is 5.45. The van der Waals surface area contributed by atoms with Crippen molar-refractivity contribution in [3.63, 3.8) is 0 Å². The highest BCUT2D eigenvalue weighted by Gasteiger charge is 2.15. The van der Waals surface area contributed by atoms with Crippen molar-refractivity contribution in [1.29, 1.82) is 0 Å². The van der Waals surface area contributed by atoms with Gasteiger partial charge in [0.1, 0.15) is 5.01 Å². The normalized spacial score (nSPS) is 11.3. The van der Waals surface area contributed by atoms with Gasteiger partial charge in [-0.25, -0.2) is 4.98 Å². The molecule has 0 aliphatic heterocycles. The van der Waals surface area contributed by atoms with Gasteiger partial charge in [0.2, 0.25) is 0 Å². The predicted octanol–water partition coefficient (Wildman–Crippen LogP) is 4.87. The van der Waals surface area contributed by atoms with Crippen molar-refractivity contribution in [3.05, 3.63) is 47.2 Å². The third-order valence-electron chi connectivity index (χ3n) is 3.66. The molecule has 108 valence electrons. The van der Waals surface area contributed by atoms with Crippen LogP contribution in [-0.2, 0) is 0 Å². The molecular formula is C17H19N3S. The van der Waals surface area contributed by atoms with Crippen LogP contribution in [0.4, 0.5) is 0 Å². The predicted molar refractivity (Wildman–Crippen MR) is 88.6 cm³/mol. The molecule has 4 heteroatoms. The molecule has 0 saturated carbocycles. The minimum absolute atomic E-state index is 0.465. The number of thiazole rings is 1. The third kappa shape index (κ3) is 2.51. The summed E-state index contributed by atoms with van der Waals surface area (Å²) in [5, 5.41) is 3.09. The standard InChI is InChI=1S/C17H19N3S/c1-11(2)20-12(3)9-14(13(20)4)16-10-21-17(19-16)15-7-5-6-8-18-15/h5-11H,1-4H3. The Bertz CT molecular complexity index is 754. The molecule has 0 amide bonds. The molecule has 3 rings (SSSR count). The van der Waals surface area contributed by atoms with E-state index in [9.17, 15) is 0 Å². The lowest BCUT2D eigenvalue weighted by molar-refractivity contribution is 0.575. The largest absolute Gasteiger partial charge is 0.346 e. The van der Waals surface area contributed by atoms with E-state index in [4.69, 9.17) is 4.98 Å². The molecule has 0 saturated heterocycles. The minimum Gasteiger partial charge on any atom is -0.346 e. The zero-order valence-corrected chi connectivity index (χ0v) is 13.6. The number of rotatable bonds is 3. The van der Waals surface area contributed by atoms with E-state index in [2.05, 4.69) is 48.7 Å². The van der Waals surface area contributed by atoms with E-state index in [1.807, 2.05) is 18.2 Å². The van der Waals surface area contributed by atoms with Crippen LogP contribution in [0.15, 0.2) is 35.8 Å². The van der Waals surface area contributed by atoms with Gasteiger partial charge in [0.15, 0.2) is 0 Å². The maximum atomic E-state index is 4.77. The number of aryl methyl sites for hydroxylation is 1. The molecule has 0 aromatic carbocycles. The van der Waals surface area contributed by atoms with Gasteiger partial charge in [-0.3, -0.25) is 4.98 Å². The highest BCUT2D eigenvalue weighted by Crippen LogP contribution is 2.32. The van der Waals surface area contributed by atoms with E-state index in [1.165, 1.54) is 17.0 Å². The van der Waals surface area contributed by atoms with Crippen LogP contribution in [0.1, 0.15) is 31.3 Å². The number of pyridine rings is 1. The van der Waals surface area contributed by atoms with Crippen LogP contribution in [0.25, 0.3) is 22.0 Å². The molecule has 0 N–H and O–H groups in total.